The second-order valence-corrected chi connectivity index (χ2v) is 8.30. The van der Waals surface area contributed by atoms with Gasteiger partial charge in [0.25, 0.3) is 0 Å². The number of halogens is 1. The normalized spacial score (nSPS) is 18.9. The number of rotatable bonds is 5. The molecule has 2 fully saturated rings. The lowest BCUT2D eigenvalue weighted by molar-refractivity contribution is -0.130. The lowest BCUT2D eigenvalue weighted by atomic mass is 10.3. The highest BCUT2D eigenvalue weighted by molar-refractivity contribution is 14.0. The Morgan fingerprint density at radius 3 is 2.31 bits per heavy atom. The molecule has 0 spiro atoms. The number of nitrogens with zero attached hydrogens (tertiary/aromatic N) is 3. The van der Waals surface area contributed by atoms with E-state index in [0.29, 0.717) is 0 Å². The van der Waals surface area contributed by atoms with E-state index in [-0.39, 0.29) is 34.6 Å². The molecule has 1 saturated heterocycles. The van der Waals surface area contributed by atoms with Gasteiger partial charge in [0.2, 0.25) is 5.91 Å². The number of carbonyl (C=O) groups excluding carboxylic acids is 1. The molecule has 0 bridgehead atoms. The molecule has 0 unspecified atom stereocenters. The molecule has 0 atom stereocenters. The summed E-state index contributed by atoms with van der Waals surface area (Å²) in [5, 5.41) is 3.42. The van der Waals surface area contributed by atoms with Crippen molar-refractivity contribution >= 4 is 47.6 Å². The molecule has 1 amide bonds. The fraction of sp³-hybridized carbons (Fsp3) is 0.579. The topological polar surface area (TPSA) is 47.9 Å². The monoisotopic (exact) mass is 488 g/mol. The van der Waals surface area contributed by atoms with Crippen molar-refractivity contribution in [1.29, 1.82) is 0 Å². The van der Waals surface area contributed by atoms with Gasteiger partial charge in [0.15, 0.2) is 5.96 Å². The molecule has 1 N–H and O–H groups in total. The van der Waals surface area contributed by atoms with Crippen molar-refractivity contribution in [3.8, 4) is 0 Å². The maximum absolute atomic E-state index is 11.5. The van der Waals surface area contributed by atoms with Crippen LogP contribution < -0.4 is 5.32 Å². The molecule has 5 nitrogen and oxygen atoms in total. The van der Waals surface area contributed by atoms with Crippen molar-refractivity contribution in [2.24, 2.45) is 4.99 Å². The standard InChI is InChI=1S/C19H28N4OS.HI/c1-3-20-18(23-13-11-22(12-14-23)16(2)24)21-15-19(9-10-19)25-17-7-5-4-6-8-17;/h4-8H,3,9-15H2,1-2H3,(H,20,21);1H. The average molecular weight is 488 g/mol. The maximum Gasteiger partial charge on any atom is 0.219 e. The Labute approximate surface area is 178 Å². The van der Waals surface area contributed by atoms with Gasteiger partial charge in [-0.15, -0.1) is 35.7 Å². The zero-order valence-electron chi connectivity index (χ0n) is 15.6. The predicted molar refractivity (Wildman–Crippen MR) is 119 cm³/mol. The summed E-state index contributed by atoms with van der Waals surface area (Å²) in [7, 11) is 0. The van der Waals surface area contributed by atoms with Gasteiger partial charge in [-0.2, -0.15) is 0 Å². The summed E-state index contributed by atoms with van der Waals surface area (Å²) < 4.78 is 0.267. The molecule has 1 aromatic rings. The third-order valence-corrected chi connectivity index (χ3v) is 6.24. The van der Waals surface area contributed by atoms with E-state index in [2.05, 4.69) is 47.5 Å². The lowest BCUT2D eigenvalue weighted by Crippen LogP contribution is -2.53. The van der Waals surface area contributed by atoms with E-state index in [0.717, 1.165) is 45.2 Å². The summed E-state index contributed by atoms with van der Waals surface area (Å²) in [5.41, 5.74) is 0. The van der Waals surface area contributed by atoms with Crippen LogP contribution in [0.25, 0.3) is 0 Å². The molecular weight excluding hydrogens is 459 g/mol. The van der Waals surface area contributed by atoms with Crippen LogP contribution in [0.1, 0.15) is 26.7 Å². The summed E-state index contributed by atoms with van der Waals surface area (Å²) in [4.78, 5) is 22.0. The molecular formula is C19H29IN4OS. The van der Waals surface area contributed by atoms with E-state index in [4.69, 9.17) is 4.99 Å². The smallest absolute Gasteiger partial charge is 0.219 e. The second kappa shape index (κ2) is 9.82. The van der Waals surface area contributed by atoms with Gasteiger partial charge < -0.3 is 15.1 Å². The first-order valence-electron chi connectivity index (χ1n) is 9.15. The largest absolute Gasteiger partial charge is 0.357 e. The highest BCUT2D eigenvalue weighted by Crippen LogP contribution is 2.51. The van der Waals surface area contributed by atoms with Crippen LogP contribution in [0.5, 0.6) is 0 Å². The number of thioether (sulfide) groups is 1. The third kappa shape index (κ3) is 5.77. The first-order valence-corrected chi connectivity index (χ1v) is 9.96. The Balaban J connectivity index is 0.00000243. The molecule has 1 aromatic carbocycles. The quantitative estimate of drug-likeness (QED) is 0.393. The first kappa shape index (κ1) is 21.3. The van der Waals surface area contributed by atoms with E-state index >= 15 is 0 Å². The predicted octanol–water partition coefficient (Wildman–Crippen LogP) is 3.06. The zero-order valence-corrected chi connectivity index (χ0v) is 18.8. The summed E-state index contributed by atoms with van der Waals surface area (Å²) >= 11 is 1.96. The minimum atomic E-state index is 0. The van der Waals surface area contributed by atoms with Crippen LogP contribution >= 0.6 is 35.7 Å². The van der Waals surface area contributed by atoms with E-state index in [1.54, 1.807) is 6.92 Å². The number of hydrogen-bond acceptors (Lipinski definition) is 3. The molecule has 26 heavy (non-hydrogen) atoms. The molecule has 0 aromatic heterocycles. The van der Waals surface area contributed by atoms with Crippen LogP contribution in [0, 0.1) is 0 Å². The molecule has 1 aliphatic heterocycles. The Bertz CT molecular complexity index is 613. The van der Waals surface area contributed by atoms with Crippen LogP contribution in [0.2, 0.25) is 0 Å². The van der Waals surface area contributed by atoms with Crippen molar-refractivity contribution in [3.63, 3.8) is 0 Å². The summed E-state index contributed by atoms with van der Waals surface area (Å²) in [6.07, 6.45) is 2.46. The van der Waals surface area contributed by atoms with Crippen LogP contribution in [-0.4, -0.2) is 65.7 Å². The van der Waals surface area contributed by atoms with Crippen molar-refractivity contribution in [2.75, 3.05) is 39.3 Å². The molecule has 1 saturated carbocycles. The zero-order chi connectivity index (χ0) is 17.7. The van der Waals surface area contributed by atoms with Crippen LogP contribution in [0.15, 0.2) is 40.2 Å². The van der Waals surface area contributed by atoms with Gasteiger partial charge in [0, 0.05) is 49.3 Å². The minimum absolute atomic E-state index is 0. The number of piperazine rings is 1. The number of nitrogens with one attached hydrogen (secondary N) is 1. The Kier molecular flexibility index (Phi) is 8.06. The molecule has 7 heteroatoms. The number of carbonyl (C=O) groups is 1. The summed E-state index contributed by atoms with van der Waals surface area (Å²) in [5.74, 6) is 1.16. The van der Waals surface area contributed by atoms with Gasteiger partial charge in [-0.05, 0) is 31.9 Å². The van der Waals surface area contributed by atoms with Crippen molar-refractivity contribution in [3.05, 3.63) is 30.3 Å². The average Bonchev–Trinajstić information content (AvgIpc) is 3.39. The van der Waals surface area contributed by atoms with Gasteiger partial charge in [0.05, 0.1) is 6.54 Å². The number of benzene rings is 1. The molecule has 0 radical (unpaired) electrons. The van der Waals surface area contributed by atoms with Gasteiger partial charge in [0.1, 0.15) is 0 Å². The summed E-state index contributed by atoms with van der Waals surface area (Å²) in [6, 6.07) is 10.6. The maximum atomic E-state index is 11.5. The van der Waals surface area contributed by atoms with E-state index in [9.17, 15) is 4.79 Å². The Morgan fingerprint density at radius 2 is 1.77 bits per heavy atom. The number of hydrogen-bond donors (Lipinski definition) is 1. The van der Waals surface area contributed by atoms with Gasteiger partial charge in [-0.3, -0.25) is 9.79 Å². The van der Waals surface area contributed by atoms with Gasteiger partial charge in [-0.25, -0.2) is 0 Å². The molecule has 3 rings (SSSR count). The number of amides is 1. The van der Waals surface area contributed by atoms with Gasteiger partial charge in [-0.1, -0.05) is 18.2 Å². The summed E-state index contributed by atoms with van der Waals surface area (Å²) in [6.45, 7) is 8.73. The third-order valence-electron chi connectivity index (χ3n) is 4.76. The fourth-order valence-electron chi connectivity index (χ4n) is 3.05. The van der Waals surface area contributed by atoms with Crippen molar-refractivity contribution < 1.29 is 4.79 Å². The molecule has 2 aliphatic rings. The SMILES string of the molecule is CCNC(=NCC1(Sc2ccccc2)CC1)N1CCN(C(C)=O)CC1.I. The van der Waals surface area contributed by atoms with E-state index in [1.165, 1.54) is 17.7 Å². The van der Waals surface area contributed by atoms with Crippen molar-refractivity contribution in [2.45, 2.75) is 36.3 Å². The lowest BCUT2D eigenvalue weighted by Gasteiger charge is -2.36. The first-order chi connectivity index (χ1) is 12.1. The van der Waals surface area contributed by atoms with Crippen LogP contribution in [-0.2, 0) is 4.79 Å². The Hall–Kier alpha value is -0.960. The molecule has 1 heterocycles. The minimum Gasteiger partial charge on any atom is -0.357 e. The second-order valence-electron chi connectivity index (χ2n) is 6.76. The Morgan fingerprint density at radius 1 is 1.15 bits per heavy atom. The van der Waals surface area contributed by atoms with Crippen LogP contribution in [0.3, 0.4) is 0 Å². The van der Waals surface area contributed by atoms with E-state index in [1.807, 2.05) is 16.7 Å². The number of aliphatic imine (C=N–C) groups is 1. The number of guanidine groups is 1. The van der Waals surface area contributed by atoms with Crippen LogP contribution in [0.4, 0.5) is 0 Å². The van der Waals surface area contributed by atoms with E-state index < -0.39 is 0 Å². The van der Waals surface area contributed by atoms with Crippen molar-refractivity contribution in [1.82, 2.24) is 15.1 Å². The fourth-order valence-corrected chi connectivity index (χ4v) is 4.28. The highest BCUT2D eigenvalue weighted by atomic mass is 127. The molecule has 144 valence electrons. The molecule has 1 aliphatic carbocycles. The highest BCUT2D eigenvalue weighted by Gasteiger charge is 2.43. The van der Waals surface area contributed by atoms with Gasteiger partial charge >= 0.3 is 0 Å².